The molecule has 1 spiro atoms. The first-order valence-electron chi connectivity index (χ1n) is 7.99. The Labute approximate surface area is 144 Å². The Morgan fingerprint density at radius 2 is 2.29 bits per heavy atom. The highest BCUT2D eigenvalue weighted by Gasteiger charge is 2.51. The Balaban J connectivity index is 1.36. The molecule has 4 heterocycles. The highest BCUT2D eigenvalue weighted by molar-refractivity contribution is 8.01. The molecule has 2 saturated heterocycles. The van der Waals surface area contributed by atoms with Crippen molar-refractivity contribution >= 4 is 17.7 Å². The topological polar surface area (TPSA) is 68.5 Å². The van der Waals surface area contributed by atoms with E-state index in [2.05, 4.69) is 10.1 Å². The predicted octanol–water partition coefficient (Wildman–Crippen LogP) is 2.47. The summed E-state index contributed by atoms with van der Waals surface area (Å²) in [6, 6.07) is 3.80. The highest BCUT2D eigenvalue weighted by atomic mass is 32.2. The molecule has 126 valence electrons. The fraction of sp³-hybridized carbons (Fsp3) is 0.471. The molecule has 2 aliphatic heterocycles. The van der Waals surface area contributed by atoms with Gasteiger partial charge >= 0.3 is 0 Å². The maximum absolute atomic E-state index is 12.6. The molecule has 0 radical (unpaired) electrons. The van der Waals surface area contributed by atoms with Crippen molar-refractivity contribution in [1.82, 2.24) is 15.0 Å². The Kier molecular flexibility index (Phi) is 3.75. The van der Waals surface area contributed by atoms with E-state index in [1.807, 2.05) is 28.8 Å². The first-order chi connectivity index (χ1) is 11.6. The van der Waals surface area contributed by atoms with E-state index < -0.39 is 0 Å². The van der Waals surface area contributed by atoms with Crippen molar-refractivity contribution in [2.75, 3.05) is 18.8 Å². The van der Waals surface area contributed by atoms with E-state index in [-0.39, 0.29) is 16.8 Å². The molecule has 24 heavy (non-hydrogen) atoms. The van der Waals surface area contributed by atoms with Gasteiger partial charge in [-0.2, -0.15) is 0 Å². The molecule has 0 aliphatic carbocycles. The van der Waals surface area contributed by atoms with Gasteiger partial charge in [0.15, 0.2) is 0 Å². The van der Waals surface area contributed by atoms with Gasteiger partial charge in [0.2, 0.25) is 0 Å². The number of carbonyl (C=O) groups excluding carboxylic acids is 1. The zero-order valence-corrected chi connectivity index (χ0v) is 14.5. The molecule has 7 heteroatoms. The van der Waals surface area contributed by atoms with E-state index in [1.165, 1.54) is 0 Å². The Bertz CT molecular complexity index is 736. The summed E-state index contributed by atoms with van der Waals surface area (Å²) in [7, 11) is 0. The van der Waals surface area contributed by atoms with E-state index >= 15 is 0 Å². The number of hydrogen-bond donors (Lipinski definition) is 0. The molecule has 2 aliphatic rings. The van der Waals surface area contributed by atoms with Crippen LogP contribution in [0.15, 0.2) is 29.0 Å². The third-order valence-electron chi connectivity index (χ3n) is 4.60. The molecular weight excluding hydrogens is 326 g/mol. The summed E-state index contributed by atoms with van der Waals surface area (Å²) < 4.78 is 11.2. The number of nitrogens with zero attached hydrogens (tertiary/aromatic N) is 3. The van der Waals surface area contributed by atoms with Crippen LogP contribution in [0.25, 0.3) is 0 Å². The molecule has 0 unspecified atom stereocenters. The molecule has 2 aromatic rings. The number of amides is 1. The van der Waals surface area contributed by atoms with Gasteiger partial charge in [0, 0.05) is 31.5 Å². The molecule has 1 amide bonds. The van der Waals surface area contributed by atoms with Gasteiger partial charge in [0.1, 0.15) is 23.2 Å². The standard InChI is InChI=1S/C17H19N3O3S/c1-11-15(12(2)23-19-11)16(21)20-9-17(10-20)6-14(8-24-17)22-13-4-3-5-18-7-13/h3-5,7,14H,6,8-10H2,1-2H3/t14-/m0/s1. The zero-order valence-electron chi connectivity index (χ0n) is 13.7. The number of ether oxygens (including phenoxy) is 1. The lowest BCUT2D eigenvalue weighted by atomic mass is 9.92. The van der Waals surface area contributed by atoms with Crippen molar-refractivity contribution < 1.29 is 14.1 Å². The molecule has 2 aromatic heterocycles. The lowest BCUT2D eigenvalue weighted by Gasteiger charge is -2.47. The molecule has 0 aromatic carbocycles. The van der Waals surface area contributed by atoms with Gasteiger partial charge in [-0.05, 0) is 26.0 Å². The minimum Gasteiger partial charge on any atom is -0.488 e. The number of likely N-dealkylation sites (tertiary alicyclic amines) is 1. The normalized spacial score (nSPS) is 21.8. The van der Waals surface area contributed by atoms with Crippen LogP contribution < -0.4 is 4.74 Å². The molecule has 4 rings (SSSR count). The van der Waals surface area contributed by atoms with Gasteiger partial charge in [0.05, 0.1) is 16.6 Å². The van der Waals surface area contributed by atoms with Gasteiger partial charge in [-0.25, -0.2) is 0 Å². The number of carbonyl (C=O) groups is 1. The fourth-order valence-corrected chi connectivity index (χ4v) is 4.97. The second-order valence-corrected chi connectivity index (χ2v) is 7.98. The lowest BCUT2D eigenvalue weighted by Crippen LogP contribution is -2.61. The maximum atomic E-state index is 12.6. The monoisotopic (exact) mass is 345 g/mol. The van der Waals surface area contributed by atoms with Crippen LogP contribution in [0.2, 0.25) is 0 Å². The number of pyridine rings is 1. The maximum Gasteiger partial charge on any atom is 0.259 e. The Hall–Kier alpha value is -2.02. The van der Waals surface area contributed by atoms with E-state index in [0.717, 1.165) is 31.0 Å². The van der Waals surface area contributed by atoms with E-state index in [9.17, 15) is 4.79 Å². The van der Waals surface area contributed by atoms with Gasteiger partial charge in [-0.3, -0.25) is 9.78 Å². The SMILES string of the molecule is Cc1noc(C)c1C(=O)N1CC2(C[C@H](Oc3cccnc3)CS2)C1. The van der Waals surface area contributed by atoms with Crippen LogP contribution >= 0.6 is 11.8 Å². The minimum absolute atomic E-state index is 0.0223. The van der Waals surface area contributed by atoms with Crippen LogP contribution in [0.5, 0.6) is 5.75 Å². The van der Waals surface area contributed by atoms with Crippen LogP contribution in [-0.4, -0.2) is 50.6 Å². The average Bonchev–Trinajstić information content (AvgIpc) is 3.10. The van der Waals surface area contributed by atoms with Crippen molar-refractivity contribution in [3.63, 3.8) is 0 Å². The highest BCUT2D eigenvalue weighted by Crippen LogP contribution is 2.46. The van der Waals surface area contributed by atoms with Crippen LogP contribution in [0, 0.1) is 13.8 Å². The van der Waals surface area contributed by atoms with Gasteiger partial charge in [-0.15, -0.1) is 11.8 Å². The molecule has 1 atom stereocenters. The molecule has 0 N–H and O–H groups in total. The van der Waals surface area contributed by atoms with Gasteiger partial charge in [-0.1, -0.05) is 5.16 Å². The van der Waals surface area contributed by atoms with Crippen molar-refractivity contribution in [3.8, 4) is 5.75 Å². The molecule has 2 fully saturated rings. The van der Waals surface area contributed by atoms with Crippen LogP contribution in [0.3, 0.4) is 0 Å². The van der Waals surface area contributed by atoms with Crippen LogP contribution in [-0.2, 0) is 0 Å². The van der Waals surface area contributed by atoms with Crippen molar-refractivity contribution in [2.45, 2.75) is 31.1 Å². The second-order valence-electron chi connectivity index (χ2n) is 6.49. The first kappa shape index (κ1) is 15.5. The summed E-state index contributed by atoms with van der Waals surface area (Å²) in [4.78, 5) is 18.6. The fourth-order valence-electron chi connectivity index (χ4n) is 3.45. The summed E-state index contributed by atoms with van der Waals surface area (Å²) in [5.74, 6) is 2.37. The minimum atomic E-state index is 0.0223. The number of aryl methyl sites for hydroxylation is 2. The summed E-state index contributed by atoms with van der Waals surface area (Å²) in [5, 5.41) is 3.87. The molecular formula is C17H19N3O3S. The summed E-state index contributed by atoms with van der Waals surface area (Å²) >= 11 is 1.91. The predicted molar refractivity (Wildman–Crippen MR) is 90.3 cm³/mol. The van der Waals surface area contributed by atoms with E-state index in [1.54, 1.807) is 26.2 Å². The Morgan fingerprint density at radius 3 is 2.96 bits per heavy atom. The van der Waals surface area contributed by atoms with Crippen molar-refractivity contribution in [1.29, 1.82) is 0 Å². The molecule has 6 nitrogen and oxygen atoms in total. The number of aromatic nitrogens is 2. The van der Waals surface area contributed by atoms with E-state index in [4.69, 9.17) is 9.26 Å². The smallest absolute Gasteiger partial charge is 0.259 e. The second kappa shape index (κ2) is 5.81. The van der Waals surface area contributed by atoms with E-state index in [0.29, 0.717) is 17.0 Å². The first-order valence-corrected chi connectivity index (χ1v) is 8.98. The quantitative estimate of drug-likeness (QED) is 0.851. The van der Waals surface area contributed by atoms with Gasteiger partial charge in [0.25, 0.3) is 5.91 Å². The van der Waals surface area contributed by atoms with Crippen LogP contribution in [0.4, 0.5) is 0 Å². The zero-order chi connectivity index (χ0) is 16.7. The van der Waals surface area contributed by atoms with Crippen molar-refractivity contribution in [2.24, 2.45) is 0 Å². The number of hydrogen-bond acceptors (Lipinski definition) is 6. The largest absolute Gasteiger partial charge is 0.488 e. The van der Waals surface area contributed by atoms with Crippen molar-refractivity contribution in [3.05, 3.63) is 41.5 Å². The summed E-state index contributed by atoms with van der Waals surface area (Å²) in [6.45, 7) is 5.10. The lowest BCUT2D eigenvalue weighted by molar-refractivity contribution is 0.0515. The number of rotatable bonds is 3. The average molecular weight is 345 g/mol. The number of thioether (sulfide) groups is 1. The molecule has 0 bridgehead atoms. The summed E-state index contributed by atoms with van der Waals surface area (Å²) in [6.07, 6.45) is 4.61. The Morgan fingerprint density at radius 1 is 1.46 bits per heavy atom. The van der Waals surface area contributed by atoms with Gasteiger partial charge < -0.3 is 14.2 Å². The third kappa shape index (κ3) is 2.66. The molecule has 0 saturated carbocycles. The third-order valence-corrected chi connectivity index (χ3v) is 6.18. The van der Waals surface area contributed by atoms with Crippen LogP contribution in [0.1, 0.15) is 28.2 Å². The summed E-state index contributed by atoms with van der Waals surface area (Å²) in [5.41, 5.74) is 1.27.